The van der Waals surface area contributed by atoms with E-state index in [0.29, 0.717) is 0 Å². The molecule has 0 aromatic heterocycles. The van der Waals surface area contributed by atoms with Gasteiger partial charge in [0, 0.05) is 5.75 Å². The number of ether oxygens (including phenoxy) is 2. The van der Waals surface area contributed by atoms with Crippen LogP contribution in [0.3, 0.4) is 0 Å². The number of benzene rings is 2. The average molecular weight is 301 g/mol. The van der Waals surface area contributed by atoms with Crippen LogP contribution < -0.4 is 28.3 Å². The molecular formula is C14H14BrLiO2. The molecule has 0 unspecified atom stereocenters. The molecule has 0 aliphatic rings. The fraction of sp³-hybridized carbons (Fsp3) is 0.143. The van der Waals surface area contributed by atoms with Gasteiger partial charge in [-0.05, 0) is 28.1 Å². The van der Waals surface area contributed by atoms with E-state index in [2.05, 4.69) is 22.0 Å². The molecule has 2 rings (SSSR count). The van der Waals surface area contributed by atoms with Gasteiger partial charge in [0.15, 0.2) is 0 Å². The van der Waals surface area contributed by atoms with Crippen LogP contribution in [0.4, 0.5) is 0 Å². The van der Waals surface area contributed by atoms with Crippen molar-refractivity contribution in [3.05, 3.63) is 59.1 Å². The first-order chi connectivity index (χ1) is 8.27. The standard InChI is InChI=1S/C7H7BrO.C7H7O.Li/c1-9-7-5-3-2-4-6(7)8;1-8-7-5-3-2-4-6-7;/h2-5H,1H3;2-5H,1H3;/q;-1;+1. The molecule has 0 atom stereocenters. The summed E-state index contributed by atoms with van der Waals surface area (Å²) in [6.07, 6.45) is 0. The van der Waals surface area contributed by atoms with Crippen molar-refractivity contribution in [2.24, 2.45) is 0 Å². The third-order valence-electron chi connectivity index (χ3n) is 1.96. The van der Waals surface area contributed by atoms with Crippen molar-refractivity contribution in [1.82, 2.24) is 0 Å². The second-order valence-corrected chi connectivity index (χ2v) is 3.92. The topological polar surface area (TPSA) is 18.5 Å². The van der Waals surface area contributed by atoms with Gasteiger partial charge in [-0.1, -0.05) is 12.1 Å². The summed E-state index contributed by atoms with van der Waals surface area (Å²) in [5.74, 6) is 1.66. The first-order valence-electron chi connectivity index (χ1n) is 5.07. The molecule has 0 heterocycles. The van der Waals surface area contributed by atoms with Crippen molar-refractivity contribution in [2.45, 2.75) is 0 Å². The molecule has 0 saturated heterocycles. The van der Waals surface area contributed by atoms with Gasteiger partial charge in [-0.15, -0.1) is 12.1 Å². The molecule has 0 aliphatic carbocycles. The number of rotatable bonds is 2. The Bertz CT molecular complexity index is 435. The van der Waals surface area contributed by atoms with E-state index in [0.717, 1.165) is 16.0 Å². The first-order valence-corrected chi connectivity index (χ1v) is 5.86. The van der Waals surface area contributed by atoms with Gasteiger partial charge in [-0.3, -0.25) is 0 Å². The summed E-state index contributed by atoms with van der Waals surface area (Å²) < 4.78 is 10.8. The zero-order valence-electron chi connectivity index (χ0n) is 10.8. The van der Waals surface area contributed by atoms with E-state index in [9.17, 15) is 0 Å². The van der Waals surface area contributed by atoms with Crippen LogP contribution in [-0.4, -0.2) is 14.2 Å². The number of hydrogen-bond donors (Lipinski definition) is 0. The smallest absolute Gasteiger partial charge is 0.523 e. The maximum Gasteiger partial charge on any atom is 1.00 e. The summed E-state index contributed by atoms with van der Waals surface area (Å²) in [5.41, 5.74) is 0. The zero-order chi connectivity index (χ0) is 12.5. The quantitative estimate of drug-likeness (QED) is 0.607. The molecule has 4 heteroatoms. The number of para-hydroxylation sites is 2. The maximum absolute atomic E-state index is 5.00. The molecule has 2 nitrogen and oxygen atoms in total. The van der Waals surface area contributed by atoms with Gasteiger partial charge in [-0.2, -0.15) is 18.2 Å². The van der Waals surface area contributed by atoms with Gasteiger partial charge in [0.1, 0.15) is 5.75 Å². The van der Waals surface area contributed by atoms with Crippen LogP contribution in [0.1, 0.15) is 0 Å². The van der Waals surface area contributed by atoms with Gasteiger partial charge in [0.2, 0.25) is 0 Å². The molecule has 0 fully saturated rings. The van der Waals surface area contributed by atoms with Gasteiger partial charge in [0.05, 0.1) is 18.7 Å². The van der Waals surface area contributed by atoms with Crippen molar-refractivity contribution < 1.29 is 28.3 Å². The van der Waals surface area contributed by atoms with E-state index in [4.69, 9.17) is 9.47 Å². The monoisotopic (exact) mass is 300 g/mol. The Kier molecular flexibility index (Phi) is 9.58. The summed E-state index contributed by atoms with van der Waals surface area (Å²) in [6.45, 7) is 0. The Morgan fingerprint density at radius 1 is 0.944 bits per heavy atom. The third kappa shape index (κ3) is 6.16. The Balaban J connectivity index is 0.000000306. The molecule has 2 aromatic carbocycles. The van der Waals surface area contributed by atoms with Crippen LogP contribution >= 0.6 is 15.9 Å². The Hall–Kier alpha value is -0.883. The van der Waals surface area contributed by atoms with E-state index < -0.39 is 0 Å². The molecule has 0 amide bonds. The summed E-state index contributed by atoms with van der Waals surface area (Å²) >= 11 is 3.33. The molecule has 0 spiro atoms. The van der Waals surface area contributed by atoms with Crippen molar-refractivity contribution >= 4 is 15.9 Å². The van der Waals surface area contributed by atoms with E-state index >= 15 is 0 Å². The maximum atomic E-state index is 5.00. The molecule has 0 radical (unpaired) electrons. The van der Waals surface area contributed by atoms with Crippen LogP contribution in [0.15, 0.2) is 53.0 Å². The molecule has 18 heavy (non-hydrogen) atoms. The number of methoxy groups -OCH3 is 2. The van der Waals surface area contributed by atoms with Crippen molar-refractivity contribution in [2.75, 3.05) is 14.2 Å². The van der Waals surface area contributed by atoms with Gasteiger partial charge in [-0.25, -0.2) is 0 Å². The second kappa shape index (κ2) is 10.1. The largest absolute Gasteiger partial charge is 1.00 e. The van der Waals surface area contributed by atoms with Crippen LogP contribution in [-0.2, 0) is 0 Å². The SMILES string of the molecule is COc1[c-]cccc1.COc1ccccc1Br.[Li+]. The van der Waals surface area contributed by atoms with Crippen molar-refractivity contribution in [1.29, 1.82) is 0 Å². The first kappa shape index (κ1) is 17.1. The molecule has 0 aliphatic heterocycles. The summed E-state index contributed by atoms with van der Waals surface area (Å²) in [6, 6.07) is 18.1. The predicted molar refractivity (Wildman–Crippen MR) is 72.5 cm³/mol. The number of halogens is 1. The molecular weight excluding hydrogens is 287 g/mol. The average Bonchev–Trinajstić information content (AvgIpc) is 2.41. The van der Waals surface area contributed by atoms with Gasteiger partial charge in [0.25, 0.3) is 0 Å². The number of hydrogen-bond acceptors (Lipinski definition) is 2. The summed E-state index contributed by atoms with van der Waals surface area (Å²) in [4.78, 5) is 0. The van der Waals surface area contributed by atoms with E-state index in [1.54, 1.807) is 14.2 Å². The molecule has 0 N–H and O–H groups in total. The molecule has 0 bridgehead atoms. The minimum absolute atomic E-state index is 0. The fourth-order valence-electron chi connectivity index (χ4n) is 1.11. The minimum atomic E-state index is 0. The van der Waals surface area contributed by atoms with Crippen LogP contribution in [0.5, 0.6) is 11.5 Å². The molecule has 90 valence electrons. The summed E-state index contributed by atoms with van der Waals surface area (Å²) in [7, 11) is 3.28. The Morgan fingerprint density at radius 2 is 1.61 bits per heavy atom. The fourth-order valence-corrected chi connectivity index (χ4v) is 1.56. The Morgan fingerprint density at radius 3 is 2.00 bits per heavy atom. The van der Waals surface area contributed by atoms with Crippen molar-refractivity contribution in [3.63, 3.8) is 0 Å². The van der Waals surface area contributed by atoms with E-state index in [1.165, 1.54) is 0 Å². The Labute approximate surface area is 129 Å². The summed E-state index contributed by atoms with van der Waals surface area (Å²) in [5, 5.41) is 0. The second-order valence-electron chi connectivity index (χ2n) is 3.07. The van der Waals surface area contributed by atoms with Crippen LogP contribution in [0.25, 0.3) is 0 Å². The zero-order valence-corrected chi connectivity index (χ0v) is 12.4. The van der Waals surface area contributed by atoms with Crippen LogP contribution in [0.2, 0.25) is 0 Å². The third-order valence-corrected chi connectivity index (χ3v) is 2.61. The van der Waals surface area contributed by atoms with Gasteiger partial charge >= 0.3 is 18.9 Å². The van der Waals surface area contributed by atoms with Crippen LogP contribution in [0, 0.1) is 6.07 Å². The van der Waals surface area contributed by atoms with Gasteiger partial charge < -0.3 is 9.47 Å². The predicted octanol–water partition coefficient (Wildman–Crippen LogP) is 0.957. The van der Waals surface area contributed by atoms with Crippen molar-refractivity contribution in [3.8, 4) is 11.5 Å². The molecule has 0 saturated carbocycles. The molecule has 2 aromatic rings. The van der Waals surface area contributed by atoms with E-state index in [-0.39, 0.29) is 18.9 Å². The van der Waals surface area contributed by atoms with E-state index in [1.807, 2.05) is 48.5 Å². The normalized spacial score (nSPS) is 8.39. The minimum Gasteiger partial charge on any atom is -0.523 e.